The van der Waals surface area contributed by atoms with Crippen LogP contribution in [0.3, 0.4) is 0 Å². The van der Waals surface area contributed by atoms with E-state index >= 15 is 0 Å². The fourth-order valence-corrected chi connectivity index (χ4v) is 2.08. The van der Waals surface area contributed by atoms with Gasteiger partial charge in [0.25, 0.3) is 0 Å². The predicted molar refractivity (Wildman–Crippen MR) is 63.0 cm³/mol. The Hall–Kier alpha value is -1.56. The quantitative estimate of drug-likeness (QED) is 0.914. The second kappa shape index (κ2) is 4.75. The Morgan fingerprint density at radius 2 is 2.00 bits per heavy atom. The van der Waals surface area contributed by atoms with E-state index in [0.717, 1.165) is 11.1 Å². The van der Waals surface area contributed by atoms with Gasteiger partial charge < -0.3 is 5.32 Å². The maximum absolute atomic E-state index is 13.1. The van der Waals surface area contributed by atoms with Gasteiger partial charge in [0.2, 0.25) is 5.13 Å². The van der Waals surface area contributed by atoms with E-state index < -0.39 is 11.6 Å². The molecule has 6 heteroatoms. The largest absolute Gasteiger partial charge is 0.354 e. The van der Waals surface area contributed by atoms with Crippen LogP contribution in [-0.4, -0.2) is 10.2 Å². The van der Waals surface area contributed by atoms with Crippen LogP contribution in [0.1, 0.15) is 23.5 Å². The number of aromatic nitrogens is 2. The third kappa shape index (κ3) is 2.76. The highest BCUT2D eigenvalue weighted by molar-refractivity contribution is 7.15. The monoisotopic (exact) mass is 255 g/mol. The van der Waals surface area contributed by atoms with Crippen LogP contribution in [0.5, 0.6) is 0 Å². The molecule has 0 aliphatic carbocycles. The zero-order valence-electron chi connectivity index (χ0n) is 9.37. The summed E-state index contributed by atoms with van der Waals surface area (Å²) in [5.41, 5.74) is 0.664. The van der Waals surface area contributed by atoms with Gasteiger partial charge in [-0.25, -0.2) is 8.78 Å². The number of aryl methyl sites for hydroxylation is 1. The molecule has 17 heavy (non-hydrogen) atoms. The molecule has 0 spiro atoms. The summed E-state index contributed by atoms with van der Waals surface area (Å²) in [5.74, 6) is -1.68. The molecule has 0 fully saturated rings. The van der Waals surface area contributed by atoms with Crippen molar-refractivity contribution in [2.75, 3.05) is 5.32 Å². The van der Waals surface area contributed by atoms with Gasteiger partial charge in [0.15, 0.2) is 11.6 Å². The van der Waals surface area contributed by atoms with Crippen molar-refractivity contribution in [2.24, 2.45) is 0 Å². The van der Waals surface area contributed by atoms with Crippen molar-refractivity contribution < 1.29 is 8.78 Å². The molecular weight excluding hydrogens is 244 g/mol. The summed E-state index contributed by atoms with van der Waals surface area (Å²) in [6.45, 7) is 3.70. The van der Waals surface area contributed by atoms with E-state index in [1.54, 1.807) is 6.07 Å². The third-order valence-corrected chi connectivity index (χ3v) is 3.08. The summed E-state index contributed by atoms with van der Waals surface area (Å²) < 4.78 is 25.8. The molecule has 1 unspecified atom stereocenters. The first kappa shape index (κ1) is 11.9. The van der Waals surface area contributed by atoms with Crippen LogP contribution < -0.4 is 5.32 Å². The topological polar surface area (TPSA) is 37.8 Å². The minimum Gasteiger partial charge on any atom is -0.354 e. The Morgan fingerprint density at radius 3 is 2.59 bits per heavy atom. The Kier molecular flexibility index (Phi) is 3.33. The Balaban J connectivity index is 2.14. The fourth-order valence-electron chi connectivity index (χ4n) is 1.41. The van der Waals surface area contributed by atoms with Crippen molar-refractivity contribution in [2.45, 2.75) is 19.9 Å². The number of hydrogen-bond donors (Lipinski definition) is 1. The third-order valence-electron chi connectivity index (χ3n) is 2.31. The lowest BCUT2D eigenvalue weighted by molar-refractivity contribution is 0.506. The normalized spacial score (nSPS) is 12.5. The lowest BCUT2D eigenvalue weighted by Crippen LogP contribution is -2.07. The summed E-state index contributed by atoms with van der Waals surface area (Å²) in [6.07, 6.45) is 0. The molecule has 0 bridgehead atoms. The van der Waals surface area contributed by atoms with Crippen molar-refractivity contribution >= 4 is 16.5 Å². The number of nitrogens with one attached hydrogen (secondary N) is 1. The number of benzene rings is 1. The molecule has 1 atom stereocenters. The summed E-state index contributed by atoms with van der Waals surface area (Å²) in [7, 11) is 0. The first-order valence-corrected chi connectivity index (χ1v) is 5.89. The molecule has 0 saturated heterocycles. The zero-order chi connectivity index (χ0) is 12.4. The van der Waals surface area contributed by atoms with Crippen LogP contribution in [-0.2, 0) is 0 Å². The first-order chi connectivity index (χ1) is 8.06. The van der Waals surface area contributed by atoms with Crippen molar-refractivity contribution in [1.82, 2.24) is 10.2 Å². The zero-order valence-corrected chi connectivity index (χ0v) is 10.2. The second-order valence-corrected chi connectivity index (χ2v) is 4.85. The van der Waals surface area contributed by atoms with E-state index in [-0.39, 0.29) is 6.04 Å². The molecule has 1 heterocycles. The van der Waals surface area contributed by atoms with Gasteiger partial charge in [0.05, 0.1) is 6.04 Å². The maximum Gasteiger partial charge on any atom is 0.206 e. The highest BCUT2D eigenvalue weighted by Gasteiger charge is 2.10. The maximum atomic E-state index is 13.1. The van der Waals surface area contributed by atoms with Crippen LogP contribution in [0, 0.1) is 18.6 Å². The highest BCUT2D eigenvalue weighted by atomic mass is 32.1. The number of nitrogens with zero attached hydrogens (tertiary/aromatic N) is 2. The van der Waals surface area contributed by atoms with Gasteiger partial charge >= 0.3 is 0 Å². The Morgan fingerprint density at radius 1 is 1.24 bits per heavy atom. The van der Waals surface area contributed by atoms with E-state index in [9.17, 15) is 8.78 Å². The number of halogens is 2. The van der Waals surface area contributed by atoms with Gasteiger partial charge in [-0.15, -0.1) is 10.2 Å². The summed E-state index contributed by atoms with van der Waals surface area (Å²) >= 11 is 1.42. The van der Waals surface area contributed by atoms with Crippen LogP contribution >= 0.6 is 11.3 Å². The molecule has 1 aromatic heterocycles. The van der Waals surface area contributed by atoms with Gasteiger partial charge in [-0.05, 0) is 31.5 Å². The van der Waals surface area contributed by atoms with Crippen LogP contribution in [0.2, 0.25) is 0 Å². The average molecular weight is 255 g/mol. The molecule has 90 valence electrons. The number of rotatable bonds is 3. The molecular formula is C11H11F2N3S. The average Bonchev–Trinajstić information content (AvgIpc) is 2.68. The summed E-state index contributed by atoms with van der Waals surface area (Å²) in [6, 6.07) is 3.69. The Bertz CT molecular complexity index is 527. The van der Waals surface area contributed by atoms with Crippen LogP contribution in [0.25, 0.3) is 0 Å². The SMILES string of the molecule is Cc1nnc(NC(C)c2ccc(F)c(F)c2)s1. The molecule has 0 radical (unpaired) electrons. The molecule has 1 aromatic carbocycles. The van der Waals surface area contributed by atoms with Crippen molar-refractivity contribution in [3.05, 3.63) is 40.4 Å². The van der Waals surface area contributed by atoms with Crippen molar-refractivity contribution in [1.29, 1.82) is 0 Å². The predicted octanol–water partition coefficient (Wildman–Crippen LogP) is 3.30. The van der Waals surface area contributed by atoms with E-state index in [2.05, 4.69) is 15.5 Å². The van der Waals surface area contributed by atoms with Gasteiger partial charge in [0.1, 0.15) is 5.01 Å². The van der Waals surface area contributed by atoms with E-state index in [4.69, 9.17) is 0 Å². The molecule has 3 nitrogen and oxygen atoms in total. The van der Waals surface area contributed by atoms with Gasteiger partial charge in [-0.2, -0.15) is 0 Å². The van der Waals surface area contributed by atoms with E-state index in [0.29, 0.717) is 10.7 Å². The minimum atomic E-state index is -0.843. The van der Waals surface area contributed by atoms with Gasteiger partial charge in [-0.1, -0.05) is 17.4 Å². The second-order valence-electron chi connectivity index (χ2n) is 3.67. The molecule has 0 aliphatic rings. The van der Waals surface area contributed by atoms with Gasteiger partial charge in [0, 0.05) is 0 Å². The highest BCUT2D eigenvalue weighted by Crippen LogP contribution is 2.22. The number of hydrogen-bond acceptors (Lipinski definition) is 4. The summed E-state index contributed by atoms with van der Waals surface area (Å²) in [5, 5.41) is 12.4. The van der Waals surface area contributed by atoms with E-state index in [1.165, 1.54) is 17.4 Å². The Labute approximate surface area is 102 Å². The van der Waals surface area contributed by atoms with Crippen molar-refractivity contribution in [3.8, 4) is 0 Å². The van der Waals surface area contributed by atoms with E-state index in [1.807, 2.05) is 13.8 Å². The smallest absolute Gasteiger partial charge is 0.206 e. The molecule has 2 aromatic rings. The lowest BCUT2D eigenvalue weighted by Gasteiger charge is -2.12. The molecule has 2 rings (SSSR count). The van der Waals surface area contributed by atoms with Gasteiger partial charge in [-0.3, -0.25) is 0 Å². The standard InChI is InChI=1S/C11H11F2N3S/c1-6(14-11-16-15-7(2)17-11)8-3-4-9(12)10(13)5-8/h3-6H,1-2H3,(H,14,16). The fraction of sp³-hybridized carbons (Fsp3) is 0.273. The molecule has 0 aliphatic heterocycles. The molecule has 0 amide bonds. The summed E-state index contributed by atoms with van der Waals surface area (Å²) in [4.78, 5) is 0. The molecule has 1 N–H and O–H groups in total. The molecule has 0 saturated carbocycles. The minimum absolute atomic E-state index is 0.155. The first-order valence-electron chi connectivity index (χ1n) is 5.08. The number of anilines is 1. The van der Waals surface area contributed by atoms with Crippen molar-refractivity contribution in [3.63, 3.8) is 0 Å². The lowest BCUT2D eigenvalue weighted by atomic mass is 10.1. The van der Waals surface area contributed by atoms with Crippen LogP contribution in [0.15, 0.2) is 18.2 Å². The van der Waals surface area contributed by atoms with Crippen LogP contribution in [0.4, 0.5) is 13.9 Å².